The molecule has 1 aromatic heterocycles. The van der Waals surface area contributed by atoms with Crippen LogP contribution in [0.4, 0.5) is 15.9 Å². The molecule has 0 N–H and O–H groups in total. The molecule has 0 spiro atoms. The normalized spacial score (nSPS) is 15.4. The summed E-state index contributed by atoms with van der Waals surface area (Å²) in [6.45, 7) is 7.03. The first-order valence-corrected chi connectivity index (χ1v) is 7.19. The van der Waals surface area contributed by atoms with Gasteiger partial charge in [0.05, 0.1) is 5.69 Å². The van der Waals surface area contributed by atoms with Crippen LogP contribution in [0.3, 0.4) is 0 Å². The van der Waals surface area contributed by atoms with Gasteiger partial charge >= 0.3 is 0 Å². The third-order valence-electron chi connectivity index (χ3n) is 3.89. The fourth-order valence-electron chi connectivity index (χ4n) is 2.67. The highest BCUT2D eigenvalue weighted by atomic mass is 19.1. The largest absolute Gasteiger partial charge is 0.368 e. The molecule has 110 valence electrons. The van der Waals surface area contributed by atoms with Gasteiger partial charge in [-0.1, -0.05) is 12.1 Å². The van der Waals surface area contributed by atoms with Gasteiger partial charge in [0.25, 0.3) is 0 Å². The highest BCUT2D eigenvalue weighted by molar-refractivity contribution is 5.51. The molecule has 21 heavy (non-hydrogen) atoms. The molecule has 1 fully saturated rings. The Morgan fingerprint density at radius 1 is 1.00 bits per heavy atom. The maximum atomic E-state index is 14.1. The second-order valence-electron chi connectivity index (χ2n) is 5.41. The van der Waals surface area contributed by atoms with Crippen molar-refractivity contribution in [2.75, 3.05) is 36.0 Å². The number of halogens is 1. The van der Waals surface area contributed by atoms with E-state index >= 15 is 0 Å². The van der Waals surface area contributed by atoms with E-state index in [2.05, 4.69) is 46.1 Å². The summed E-state index contributed by atoms with van der Waals surface area (Å²) in [6.07, 6.45) is 1.43. The van der Waals surface area contributed by atoms with Crippen molar-refractivity contribution in [3.8, 4) is 0 Å². The molecule has 0 aliphatic carbocycles. The number of nitrogens with zero attached hydrogens (tertiary/aromatic N) is 4. The monoisotopic (exact) mass is 286 g/mol. The number of anilines is 2. The quantitative estimate of drug-likeness (QED) is 0.849. The van der Waals surface area contributed by atoms with Crippen LogP contribution in [0.25, 0.3) is 0 Å². The van der Waals surface area contributed by atoms with Crippen molar-refractivity contribution in [1.82, 2.24) is 9.97 Å². The van der Waals surface area contributed by atoms with Crippen LogP contribution in [0, 0.1) is 19.7 Å². The van der Waals surface area contributed by atoms with Gasteiger partial charge in [0, 0.05) is 31.9 Å². The zero-order valence-electron chi connectivity index (χ0n) is 12.4. The van der Waals surface area contributed by atoms with Crippen molar-refractivity contribution in [2.24, 2.45) is 0 Å². The van der Waals surface area contributed by atoms with Gasteiger partial charge < -0.3 is 9.80 Å². The Bertz CT molecular complexity index is 636. The van der Waals surface area contributed by atoms with E-state index in [0.717, 1.165) is 26.2 Å². The van der Waals surface area contributed by atoms with Gasteiger partial charge in [-0.2, -0.15) is 0 Å². The molecule has 0 atom stereocenters. The topological polar surface area (TPSA) is 32.3 Å². The smallest absolute Gasteiger partial charge is 0.186 e. The van der Waals surface area contributed by atoms with Gasteiger partial charge in [-0.3, -0.25) is 0 Å². The molecule has 1 aromatic carbocycles. The Labute approximate surface area is 124 Å². The highest BCUT2D eigenvalue weighted by Crippen LogP contribution is 2.22. The standard InChI is InChI=1S/C16H19FN4/c1-12-4-3-5-14(10-12)20-6-8-21(9-7-20)16-15(17)13(2)18-11-19-16/h3-5,10-11H,6-9H2,1-2H3. The van der Waals surface area contributed by atoms with Crippen LogP contribution < -0.4 is 9.80 Å². The number of hydrogen-bond acceptors (Lipinski definition) is 4. The third-order valence-corrected chi connectivity index (χ3v) is 3.89. The van der Waals surface area contributed by atoms with Crippen LogP contribution in [0.15, 0.2) is 30.6 Å². The lowest BCUT2D eigenvalue weighted by atomic mass is 10.2. The number of rotatable bonds is 2. The molecule has 1 aliphatic rings. The van der Waals surface area contributed by atoms with Gasteiger partial charge in [0.15, 0.2) is 11.6 Å². The van der Waals surface area contributed by atoms with E-state index in [1.165, 1.54) is 17.6 Å². The van der Waals surface area contributed by atoms with Gasteiger partial charge in [-0.05, 0) is 31.5 Å². The van der Waals surface area contributed by atoms with Crippen LogP contribution in [-0.2, 0) is 0 Å². The molecule has 0 unspecified atom stereocenters. The third kappa shape index (κ3) is 2.82. The minimum Gasteiger partial charge on any atom is -0.368 e. The summed E-state index contributed by atoms with van der Waals surface area (Å²) < 4.78 is 14.1. The summed E-state index contributed by atoms with van der Waals surface area (Å²) in [6, 6.07) is 8.48. The minimum atomic E-state index is -0.304. The summed E-state index contributed by atoms with van der Waals surface area (Å²) in [5.41, 5.74) is 2.89. The number of piperazine rings is 1. The zero-order valence-corrected chi connectivity index (χ0v) is 12.4. The number of aryl methyl sites for hydroxylation is 2. The molecule has 0 radical (unpaired) electrons. The van der Waals surface area contributed by atoms with Crippen LogP contribution in [0.5, 0.6) is 0 Å². The molecule has 2 heterocycles. The minimum absolute atomic E-state index is 0.304. The maximum Gasteiger partial charge on any atom is 0.186 e. The highest BCUT2D eigenvalue weighted by Gasteiger charge is 2.21. The van der Waals surface area contributed by atoms with Crippen molar-refractivity contribution in [3.05, 3.63) is 47.7 Å². The van der Waals surface area contributed by atoms with E-state index in [1.54, 1.807) is 6.92 Å². The Kier molecular flexibility index (Phi) is 3.73. The predicted octanol–water partition coefficient (Wildman–Crippen LogP) is 2.56. The van der Waals surface area contributed by atoms with Crippen molar-refractivity contribution >= 4 is 11.5 Å². The molecule has 5 heteroatoms. The van der Waals surface area contributed by atoms with Crippen molar-refractivity contribution in [1.29, 1.82) is 0 Å². The summed E-state index contributed by atoms with van der Waals surface area (Å²) in [5, 5.41) is 0. The fourth-order valence-corrected chi connectivity index (χ4v) is 2.67. The Hall–Kier alpha value is -2.17. The average molecular weight is 286 g/mol. The molecule has 1 saturated heterocycles. The van der Waals surface area contributed by atoms with E-state index in [4.69, 9.17) is 0 Å². The van der Waals surface area contributed by atoms with Crippen LogP contribution in [-0.4, -0.2) is 36.1 Å². The number of aromatic nitrogens is 2. The molecule has 4 nitrogen and oxygen atoms in total. The van der Waals surface area contributed by atoms with Gasteiger partial charge in [0.1, 0.15) is 6.33 Å². The van der Waals surface area contributed by atoms with E-state index in [9.17, 15) is 4.39 Å². The van der Waals surface area contributed by atoms with Crippen molar-refractivity contribution in [3.63, 3.8) is 0 Å². The predicted molar refractivity (Wildman–Crippen MR) is 82.3 cm³/mol. The lowest BCUT2D eigenvalue weighted by molar-refractivity contribution is 0.574. The maximum absolute atomic E-state index is 14.1. The Morgan fingerprint density at radius 2 is 1.71 bits per heavy atom. The molecule has 3 rings (SSSR count). The molecular weight excluding hydrogens is 267 g/mol. The molecule has 0 saturated carbocycles. The lowest BCUT2D eigenvalue weighted by Gasteiger charge is -2.36. The van der Waals surface area contributed by atoms with Crippen LogP contribution in [0.2, 0.25) is 0 Å². The first-order valence-electron chi connectivity index (χ1n) is 7.19. The Balaban J connectivity index is 1.72. The van der Waals surface area contributed by atoms with Gasteiger partial charge in [-0.25, -0.2) is 14.4 Å². The summed E-state index contributed by atoms with van der Waals surface area (Å²) in [5.74, 6) is 0.118. The first-order chi connectivity index (χ1) is 10.1. The summed E-state index contributed by atoms with van der Waals surface area (Å²) in [7, 11) is 0. The first kappa shape index (κ1) is 13.8. The second-order valence-corrected chi connectivity index (χ2v) is 5.41. The van der Waals surface area contributed by atoms with Crippen LogP contribution in [0.1, 0.15) is 11.3 Å². The fraction of sp³-hybridized carbons (Fsp3) is 0.375. The van der Waals surface area contributed by atoms with E-state index in [-0.39, 0.29) is 5.82 Å². The number of hydrogen-bond donors (Lipinski definition) is 0. The zero-order chi connectivity index (χ0) is 14.8. The van der Waals surface area contributed by atoms with Gasteiger partial charge in [0.2, 0.25) is 0 Å². The van der Waals surface area contributed by atoms with Crippen molar-refractivity contribution < 1.29 is 4.39 Å². The van der Waals surface area contributed by atoms with Gasteiger partial charge in [-0.15, -0.1) is 0 Å². The van der Waals surface area contributed by atoms with E-state index in [0.29, 0.717) is 11.5 Å². The summed E-state index contributed by atoms with van der Waals surface area (Å²) >= 11 is 0. The van der Waals surface area contributed by atoms with Crippen molar-refractivity contribution in [2.45, 2.75) is 13.8 Å². The molecule has 0 amide bonds. The molecule has 0 bridgehead atoms. The van der Waals surface area contributed by atoms with E-state index in [1.807, 2.05) is 4.90 Å². The SMILES string of the molecule is Cc1cccc(N2CCN(c3ncnc(C)c3F)CC2)c1. The molecular formula is C16H19FN4. The average Bonchev–Trinajstić information content (AvgIpc) is 2.50. The second kappa shape index (κ2) is 5.68. The summed E-state index contributed by atoms with van der Waals surface area (Å²) in [4.78, 5) is 12.3. The van der Waals surface area contributed by atoms with Crippen LogP contribution >= 0.6 is 0 Å². The van der Waals surface area contributed by atoms with E-state index < -0.39 is 0 Å². The molecule has 2 aromatic rings. The number of benzene rings is 1. The lowest BCUT2D eigenvalue weighted by Crippen LogP contribution is -2.47. The Morgan fingerprint density at radius 3 is 2.43 bits per heavy atom. The molecule has 1 aliphatic heterocycles.